The number of hydrogen-bond acceptors (Lipinski definition) is 9. The predicted molar refractivity (Wildman–Crippen MR) is 174 cm³/mol. The van der Waals surface area contributed by atoms with Crippen molar-refractivity contribution >= 4 is 23.3 Å². The Labute approximate surface area is 274 Å². The molecule has 3 N–H and O–H groups in total. The number of ether oxygens (including phenoxy) is 2. The molecule has 250 valence electrons. The van der Waals surface area contributed by atoms with Gasteiger partial charge >= 0.3 is 5.97 Å². The van der Waals surface area contributed by atoms with Crippen LogP contribution >= 0.6 is 0 Å². The molecule has 12 heteroatoms. The Hall–Kier alpha value is -4.36. The highest BCUT2D eigenvalue weighted by atomic mass is 16.7. The number of carbonyl (C=O) groups excluding carboxylic acids is 1. The van der Waals surface area contributed by atoms with Crippen molar-refractivity contribution in [1.29, 1.82) is 0 Å². The summed E-state index contributed by atoms with van der Waals surface area (Å²) in [6.07, 6.45) is -0.548. The Morgan fingerprint density at radius 2 is 1.53 bits per heavy atom. The quantitative estimate of drug-likeness (QED) is 0.178. The summed E-state index contributed by atoms with van der Waals surface area (Å²) in [5.41, 5.74) is 4.66. The lowest BCUT2D eigenvalue weighted by Crippen LogP contribution is -2.51. The lowest BCUT2D eigenvalue weighted by atomic mass is 9.90. The van der Waals surface area contributed by atoms with Gasteiger partial charge in [0.2, 0.25) is 5.91 Å². The molecule has 2 fully saturated rings. The molecule has 0 unspecified atom stereocenters. The van der Waals surface area contributed by atoms with Gasteiger partial charge in [-0.25, -0.2) is 0 Å². The molecular weight excluding hydrogens is 604 g/mol. The maximum Gasteiger partial charge on any atom is 0.303 e. The highest BCUT2D eigenvalue weighted by Gasteiger charge is 2.39. The lowest BCUT2D eigenvalue weighted by Gasteiger charge is -2.44. The van der Waals surface area contributed by atoms with Crippen molar-refractivity contribution in [1.82, 2.24) is 10.2 Å². The average Bonchev–Trinajstić information content (AvgIpc) is 3.09. The number of hydrogen-bond donors (Lipinski definition) is 3. The van der Waals surface area contributed by atoms with Crippen molar-refractivity contribution in [2.45, 2.75) is 57.8 Å². The van der Waals surface area contributed by atoms with Gasteiger partial charge in [0, 0.05) is 81.4 Å². The van der Waals surface area contributed by atoms with Crippen molar-refractivity contribution in [2.75, 3.05) is 37.6 Å². The number of aliphatic carboxylic acids is 1. The first-order valence-corrected chi connectivity index (χ1v) is 16.0. The molecule has 2 heterocycles. The summed E-state index contributed by atoms with van der Waals surface area (Å²) in [5, 5.41) is 32.2. The molecule has 0 bridgehead atoms. The number of amides is 1. The molecule has 12 nitrogen and oxygen atoms in total. The van der Waals surface area contributed by atoms with E-state index in [0.717, 1.165) is 54.1 Å². The van der Waals surface area contributed by atoms with E-state index in [9.17, 15) is 24.8 Å². The molecule has 1 amide bonds. The summed E-state index contributed by atoms with van der Waals surface area (Å²) in [4.78, 5) is 38.1. The van der Waals surface area contributed by atoms with Crippen LogP contribution in [-0.4, -0.2) is 70.7 Å². The molecule has 5 rings (SSSR count). The smallest absolute Gasteiger partial charge is 0.303 e. The standard InChI is InChI=1S/C35H42N4O8/c1-24-31(22-37-17-19-38(20-18-37)29-13-15-30(16-14-29)39(44)45)46-35(47-34(24)27-9-7-26(23-40)8-10-27)28-11-5-25(6-12-28)21-36-32(41)3-2-4-33(42)43/h5-16,24,31,34-35,40H,2-4,17-23H2,1H3,(H,36,41)(H,42,43)/t24-,31+,34+,35+/m0/s1. The first kappa shape index (κ1) is 34.0. The first-order valence-electron chi connectivity index (χ1n) is 16.0. The van der Waals surface area contributed by atoms with Gasteiger partial charge in [-0.2, -0.15) is 0 Å². The molecule has 47 heavy (non-hydrogen) atoms. The van der Waals surface area contributed by atoms with Gasteiger partial charge in [-0.05, 0) is 35.2 Å². The van der Waals surface area contributed by atoms with E-state index >= 15 is 0 Å². The Balaban J connectivity index is 1.24. The van der Waals surface area contributed by atoms with E-state index < -0.39 is 12.3 Å². The summed E-state index contributed by atoms with van der Waals surface area (Å²) in [5.74, 6) is -1.06. The van der Waals surface area contributed by atoms with E-state index in [-0.39, 0.29) is 54.1 Å². The molecule has 0 aromatic heterocycles. The minimum absolute atomic E-state index is 0.0310. The zero-order valence-electron chi connectivity index (χ0n) is 26.5. The third-order valence-electron chi connectivity index (χ3n) is 8.90. The number of carboxylic acids is 1. The van der Waals surface area contributed by atoms with Crippen LogP contribution in [-0.2, 0) is 32.2 Å². The second-order valence-corrected chi connectivity index (χ2v) is 12.1. The van der Waals surface area contributed by atoms with Crippen LogP contribution in [0.1, 0.15) is 60.8 Å². The van der Waals surface area contributed by atoms with Gasteiger partial charge in [0.1, 0.15) is 0 Å². The number of piperazine rings is 1. The second kappa shape index (κ2) is 16.0. The third-order valence-corrected chi connectivity index (χ3v) is 8.90. The van der Waals surface area contributed by atoms with E-state index in [0.29, 0.717) is 19.5 Å². The zero-order chi connectivity index (χ0) is 33.3. The molecule has 0 spiro atoms. The number of non-ortho nitro benzene ring substituents is 1. The van der Waals surface area contributed by atoms with Crippen LogP contribution in [0, 0.1) is 16.0 Å². The number of anilines is 1. The number of nitro benzene ring substituents is 1. The van der Waals surface area contributed by atoms with E-state index in [1.807, 2.05) is 48.5 Å². The van der Waals surface area contributed by atoms with Crippen molar-refractivity contribution < 1.29 is 34.2 Å². The fourth-order valence-corrected chi connectivity index (χ4v) is 6.04. The molecule has 0 saturated carbocycles. The van der Waals surface area contributed by atoms with Crippen molar-refractivity contribution in [3.63, 3.8) is 0 Å². The minimum Gasteiger partial charge on any atom is -0.481 e. The Bertz CT molecular complexity index is 1490. The molecule has 0 radical (unpaired) electrons. The number of nitrogens with zero attached hydrogens (tertiary/aromatic N) is 3. The fourth-order valence-electron chi connectivity index (χ4n) is 6.04. The van der Waals surface area contributed by atoms with E-state index in [1.54, 1.807) is 24.3 Å². The third kappa shape index (κ3) is 9.13. The molecule has 2 aliphatic rings. The zero-order valence-corrected chi connectivity index (χ0v) is 26.5. The van der Waals surface area contributed by atoms with E-state index in [1.165, 1.54) is 0 Å². The molecule has 0 aliphatic carbocycles. The van der Waals surface area contributed by atoms with Crippen LogP contribution in [0.3, 0.4) is 0 Å². The lowest BCUT2D eigenvalue weighted by molar-refractivity contribution is -0.384. The fraction of sp³-hybridized carbons (Fsp3) is 0.429. The number of nitro groups is 1. The molecule has 4 atom stereocenters. The van der Waals surface area contributed by atoms with Crippen molar-refractivity contribution in [3.05, 3.63) is 105 Å². The van der Waals surface area contributed by atoms with Crippen LogP contribution < -0.4 is 10.2 Å². The predicted octanol–water partition coefficient (Wildman–Crippen LogP) is 4.57. The second-order valence-electron chi connectivity index (χ2n) is 12.1. The van der Waals surface area contributed by atoms with Crippen LogP contribution in [0.4, 0.5) is 11.4 Å². The number of nitrogens with one attached hydrogen (secondary N) is 1. The highest BCUT2D eigenvalue weighted by Crippen LogP contribution is 2.42. The minimum atomic E-state index is -0.913. The maximum atomic E-state index is 12.1. The molecule has 3 aromatic carbocycles. The number of aliphatic hydroxyl groups is 1. The van der Waals surface area contributed by atoms with Gasteiger partial charge in [-0.15, -0.1) is 0 Å². The average molecular weight is 647 g/mol. The monoisotopic (exact) mass is 646 g/mol. The van der Waals surface area contributed by atoms with Gasteiger partial charge < -0.3 is 29.9 Å². The van der Waals surface area contributed by atoms with Gasteiger partial charge in [0.05, 0.1) is 23.7 Å². The Morgan fingerprint density at radius 1 is 0.894 bits per heavy atom. The van der Waals surface area contributed by atoms with E-state index in [4.69, 9.17) is 14.6 Å². The summed E-state index contributed by atoms with van der Waals surface area (Å²) in [6.45, 7) is 6.39. The summed E-state index contributed by atoms with van der Waals surface area (Å²) >= 11 is 0. The van der Waals surface area contributed by atoms with Crippen LogP contribution in [0.25, 0.3) is 0 Å². The molecule has 3 aromatic rings. The molecular formula is C35H42N4O8. The van der Waals surface area contributed by atoms with Crippen molar-refractivity contribution in [2.24, 2.45) is 5.92 Å². The Kier molecular flexibility index (Phi) is 11.5. The van der Waals surface area contributed by atoms with E-state index in [2.05, 4.69) is 22.0 Å². The summed E-state index contributed by atoms with van der Waals surface area (Å²) in [7, 11) is 0. The maximum absolute atomic E-state index is 12.1. The van der Waals surface area contributed by atoms with Crippen LogP contribution in [0.2, 0.25) is 0 Å². The van der Waals surface area contributed by atoms with Gasteiger partial charge in [-0.1, -0.05) is 55.5 Å². The van der Waals surface area contributed by atoms with Gasteiger partial charge in [0.25, 0.3) is 5.69 Å². The molecule has 2 saturated heterocycles. The normalized spacial score (nSPS) is 21.7. The number of benzene rings is 3. The molecule has 2 aliphatic heterocycles. The van der Waals surface area contributed by atoms with Gasteiger partial charge in [0.15, 0.2) is 6.29 Å². The Morgan fingerprint density at radius 3 is 2.15 bits per heavy atom. The highest BCUT2D eigenvalue weighted by molar-refractivity contribution is 5.76. The summed E-state index contributed by atoms with van der Waals surface area (Å²) < 4.78 is 13.2. The van der Waals surface area contributed by atoms with Gasteiger partial charge in [-0.3, -0.25) is 24.6 Å². The van der Waals surface area contributed by atoms with Crippen LogP contribution in [0.5, 0.6) is 0 Å². The first-order chi connectivity index (χ1) is 22.7. The van der Waals surface area contributed by atoms with Crippen LogP contribution in [0.15, 0.2) is 72.8 Å². The summed E-state index contributed by atoms with van der Waals surface area (Å²) in [6, 6.07) is 22.2. The largest absolute Gasteiger partial charge is 0.481 e. The van der Waals surface area contributed by atoms with Crippen molar-refractivity contribution in [3.8, 4) is 0 Å². The number of carbonyl (C=O) groups is 2. The SMILES string of the molecule is C[C@H]1[C@@H](CN2CCN(c3ccc([N+](=O)[O-])cc3)CC2)O[C@@H](c2ccc(CNC(=O)CCCC(=O)O)cc2)O[C@H]1c1ccc(CO)cc1. The topological polar surface area (TPSA) is 155 Å². The number of carboxylic acid groups (broad SMARTS) is 1. The number of aliphatic hydroxyl groups excluding tert-OH is 1. The number of rotatable bonds is 13.